The van der Waals surface area contributed by atoms with Gasteiger partial charge < -0.3 is 14.5 Å². The summed E-state index contributed by atoms with van der Waals surface area (Å²) in [6, 6.07) is 18.9. The molecular formula is C24H23N3O4S. The number of ether oxygens (including phenoxy) is 1. The Morgan fingerprint density at radius 3 is 2.59 bits per heavy atom. The quantitative estimate of drug-likeness (QED) is 0.463. The summed E-state index contributed by atoms with van der Waals surface area (Å²) in [5.74, 6) is 0.322. The van der Waals surface area contributed by atoms with Crippen molar-refractivity contribution in [2.75, 3.05) is 6.26 Å². The zero-order chi connectivity index (χ0) is 22.7. The highest BCUT2D eigenvalue weighted by molar-refractivity contribution is 7.90. The van der Waals surface area contributed by atoms with Gasteiger partial charge in [0.2, 0.25) is 0 Å². The number of carbonyl (C=O) groups excluding carboxylic acids is 1. The largest absolute Gasteiger partial charge is 0.487 e. The Bertz CT molecular complexity index is 1330. The molecule has 7 nitrogen and oxygen atoms in total. The lowest BCUT2D eigenvalue weighted by Gasteiger charge is -2.15. The van der Waals surface area contributed by atoms with E-state index in [0.717, 1.165) is 23.2 Å². The molecule has 0 aliphatic rings. The van der Waals surface area contributed by atoms with Crippen LogP contribution in [0.4, 0.5) is 0 Å². The smallest absolute Gasteiger partial charge is 0.251 e. The van der Waals surface area contributed by atoms with Gasteiger partial charge in [0.1, 0.15) is 18.0 Å². The van der Waals surface area contributed by atoms with Crippen molar-refractivity contribution in [3.8, 4) is 5.75 Å². The number of nitrogens with one attached hydrogen (secondary N) is 1. The molecule has 1 atom stereocenters. The topological polar surface area (TPSA) is 89.8 Å². The number of fused-ring (bicyclic) bond motifs is 1. The van der Waals surface area contributed by atoms with Gasteiger partial charge in [0.25, 0.3) is 5.91 Å². The van der Waals surface area contributed by atoms with Crippen LogP contribution in [0, 0.1) is 0 Å². The third kappa shape index (κ3) is 4.97. The molecule has 4 aromatic rings. The van der Waals surface area contributed by atoms with Crippen LogP contribution in [0.15, 0.2) is 84.0 Å². The lowest BCUT2D eigenvalue weighted by atomic mass is 10.1. The highest BCUT2D eigenvalue weighted by atomic mass is 32.2. The minimum atomic E-state index is -3.26. The second-order valence-electron chi connectivity index (χ2n) is 7.55. The van der Waals surface area contributed by atoms with Crippen LogP contribution >= 0.6 is 0 Å². The Morgan fingerprint density at radius 1 is 1.09 bits per heavy atom. The van der Waals surface area contributed by atoms with E-state index in [1.807, 2.05) is 41.9 Å². The van der Waals surface area contributed by atoms with E-state index < -0.39 is 9.84 Å². The summed E-state index contributed by atoms with van der Waals surface area (Å²) in [7, 11) is -3.26. The molecule has 1 unspecified atom stereocenters. The van der Waals surface area contributed by atoms with Crippen LogP contribution in [-0.2, 0) is 16.4 Å². The van der Waals surface area contributed by atoms with Crippen molar-refractivity contribution in [1.29, 1.82) is 0 Å². The van der Waals surface area contributed by atoms with Gasteiger partial charge >= 0.3 is 0 Å². The highest BCUT2D eigenvalue weighted by Gasteiger charge is 2.14. The third-order valence-corrected chi connectivity index (χ3v) is 6.18. The second-order valence-corrected chi connectivity index (χ2v) is 9.57. The van der Waals surface area contributed by atoms with Crippen LogP contribution in [0.1, 0.15) is 34.6 Å². The molecule has 0 saturated heterocycles. The third-order valence-electron chi connectivity index (χ3n) is 5.05. The van der Waals surface area contributed by atoms with Crippen LogP contribution in [0.2, 0.25) is 0 Å². The first kappa shape index (κ1) is 21.6. The van der Waals surface area contributed by atoms with Gasteiger partial charge in [-0.1, -0.05) is 24.3 Å². The highest BCUT2D eigenvalue weighted by Crippen LogP contribution is 2.19. The minimum absolute atomic E-state index is 0.246. The van der Waals surface area contributed by atoms with E-state index in [9.17, 15) is 13.2 Å². The standard InChI is InChI=1S/C24H23N3O4S/c1-17(18-9-11-22(12-10-18)32(2,29)30)25-24(28)19-6-5-7-21(14-19)31-16-20-15-27-13-4-3-8-23(27)26-20/h3-15,17H,16H2,1-2H3,(H,25,28). The molecule has 0 saturated carbocycles. The van der Waals surface area contributed by atoms with Gasteiger partial charge in [-0.2, -0.15) is 0 Å². The maximum absolute atomic E-state index is 12.7. The van der Waals surface area contributed by atoms with Gasteiger partial charge in [0, 0.05) is 24.2 Å². The summed E-state index contributed by atoms with van der Waals surface area (Å²) in [6.45, 7) is 2.13. The number of imidazole rings is 1. The van der Waals surface area contributed by atoms with E-state index in [0.29, 0.717) is 11.3 Å². The molecule has 0 bridgehead atoms. The molecule has 1 N–H and O–H groups in total. The molecule has 0 aliphatic carbocycles. The normalized spacial score (nSPS) is 12.4. The van der Waals surface area contributed by atoms with Crippen LogP contribution in [0.5, 0.6) is 5.75 Å². The van der Waals surface area contributed by atoms with Crippen molar-refractivity contribution in [2.24, 2.45) is 0 Å². The Labute approximate surface area is 186 Å². The molecule has 0 aliphatic heterocycles. The zero-order valence-corrected chi connectivity index (χ0v) is 18.5. The molecule has 2 aromatic carbocycles. The molecule has 164 valence electrons. The molecule has 32 heavy (non-hydrogen) atoms. The molecular weight excluding hydrogens is 426 g/mol. The number of amides is 1. The fraction of sp³-hybridized carbons (Fsp3) is 0.167. The zero-order valence-electron chi connectivity index (χ0n) is 17.7. The number of hydrogen-bond donors (Lipinski definition) is 1. The van der Waals surface area contributed by atoms with E-state index in [2.05, 4.69) is 10.3 Å². The van der Waals surface area contributed by atoms with Gasteiger partial charge in [0.05, 0.1) is 16.6 Å². The van der Waals surface area contributed by atoms with E-state index in [1.165, 1.54) is 0 Å². The number of benzene rings is 2. The Hall–Kier alpha value is -3.65. The number of hydrogen-bond acceptors (Lipinski definition) is 5. The summed E-state index contributed by atoms with van der Waals surface area (Å²) in [4.78, 5) is 17.5. The number of aromatic nitrogens is 2. The monoisotopic (exact) mass is 449 g/mol. The minimum Gasteiger partial charge on any atom is -0.487 e. The summed E-state index contributed by atoms with van der Waals surface area (Å²) >= 11 is 0. The Kier molecular flexibility index (Phi) is 5.96. The molecule has 1 amide bonds. The van der Waals surface area contributed by atoms with Crippen molar-refractivity contribution < 1.29 is 17.9 Å². The van der Waals surface area contributed by atoms with Gasteiger partial charge in [-0.3, -0.25) is 4.79 Å². The van der Waals surface area contributed by atoms with Crippen molar-refractivity contribution in [3.63, 3.8) is 0 Å². The van der Waals surface area contributed by atoms with Crippen LogP contribution < -0.4 is 10.1 Å². The van der Waals surface area contributed by atoms with Gasteiger partial charge in [-0.25, -0.2) is 13.4 Å². The lowest BCUT2D eigenvalue weighted by molar-refractivity contribution is 0.0939. The SMILES string of the molecule is CC(NC(=O)c1cccc(OCc2cn3ccccc3n2)c1)c1ccc(S(C)(=O)=O)cc1. The summed E-state index contributed by atoms with van der Waals surface area (Å²) < 4.78 is 31.0. The number of nitrogens with zero attached hydrogens (tertiary/aromatic N) is 2. The molecule has 8 heteroatoms. The van der Waals surface area contributed by atoms with Crippen LogP contribution in [0.25, 0.3) is 5.65 Å². The van der Waals surface area contributed by atoms with E-state index in [1.54, 1.807) is 48.5 Å². The van der Waals surface area contributed by atoms with Gasteiger partial charge in [-0.15, -0.1) is 0 Å². The average Bonchev–Trinajstić information content (AvgIpc) is 3.20. The van der Waals surface area contributed by atoms with Crippen LogP contribution in [0.3, 0.4) is 0 Å². The molecule has 4 rings (SSSR count). The predicted octanol–water partition coefficient (Wildman–Crippen LogP) is 3.81. The molecule has 2 aromatic heterocycles. The first-order chi connectivity index (χ1) is 15.3. The molecule has 0 spiro atoms. The molecule has 0 radical (unpaired) electrons. The summed E-state index contributed by atoms with van der Waals surface area (Å²) in [6.07, 6.45) is 4.99. The first-order valence-corrected chi connectivity index (χ1v) is 11.9. The maximum atomic E-state index is 12.7. The van der Waals surface area contributed by atoms with Gasteiger partial charge in [-0.05, 0) is 55.0 Å². The Morgan fingerprint density at radius 2 is 1.88 bits per heavy atom. The van der Waals surface area contributed by atoms with Crippen LogP contribution in [-0.4, -0.2) is 30.0 Å². The predicted molar refractivity (Wildman–Crippen MR) is 121 cm³/mol. The first-order valence-electron chi connectivity index (χ1n) is 10.1. The number of sulfone groups is 1. The van der Waals surface area contributed by atoms with E-state index in [-0.39, 0.29) is 23.5 Å². The Balaban J connectivity index is 1.40. The summed E-state index contributed by atoms with van der Waals surface area (Å²) in [5, 5.41) is 2.93. The summed E-state index contributed by atoms with van der Waals surface area (Å²) in [5.41, 5.74) is 2.91. The van der Waals surface area contributed by atoms with E-state index in [4.69, 9.17) is 4.74 Å². The molecule has 2 heterocycles. The van der Waals surface area contributed by atoms with Crippen molar-refractivity contribution in [2.45, 2.75) is 24.5 Å². The average molecular weight is 450 g/mol. The van der Waals surface area contributed by atoms with Crippen molar-refractivity contribution in [1.82, 2.24) is 14.7 Å². The van der Waals surface area contributed by atoms with Crippen molar-refractivity contribution in [3.05, 3.63) is 95.9 Å². The molecule has 0 fully saturated rings. The fourth-order valence-electron chi connectivity index (χ4n) is 3.31. The number of rotatable bonds is 7. The van der Waals surface area contributed by atoms with E-state index >= 15 is 0 Å². The second kappa shape index (κ2) is 8.84. The number of carbonyl (C=O) groups is 1. The lowest BCUT2D eigenvalue weighted by Crippen LogP contribution is -2.26. The van der Waals surface area contributed by atoms with Gasteiger partial charge in [0.15, 0.2) is 9.84 Å². The maximum Gasteiger partial charge on any atom is 0.251 e. The fourth-order valence-corrected chi connectivity index (χ4v) is 3.94. The number of pyridine rings is 1. The van der Waals surface area contributed by atoms with Crippen molar-refractivity contribution >= 4 is 21.4 Å².